The van der Waals surface area contributed by atoms with Crippen molar-refractivity contribution in [3.05, 3.63) is 71.3 Å². The van der Waals surface area contributed by atoms with Gasteiger partial charge in [0.05, 0.1) is 30.6 Å². The Morgan fingerprint density at radius 1 is 1.20 bits per heavy atom. The van der Waals surface area contributed by atoms with E-state index < -0.39 is 22.1 Å². The van der Waals surface area contributed by atoms with Crippen LogP contribution in [0.25, 0.3) is 0 Å². The molecule has 0 spiro atoms. The fourth-order valence-electron chi connectivity index (χ4n) is 3.69. The Labute approximate surface area is 177 Å². The molecule has 1 heterocycles. The summed E-state index contributed by atoms with van der Waals surface area (Å²) in [6.07, 6.45) is 1.14. The van der Waals surface area contributed by atoms with Crippen molar-refractivity contribution in [1.29, 1.82) is 0 Å². The van der Waals surface area contributed by atoms with E-state index in [-0.39, 0.29) is 18.3 Å². The average Bonchev–Trinajstić information content (AvgIpc) is 2.76. The third-order valence-electron chi connectivity index (χ3n) is 5.30. The van der Waals surface area contributed by atoms with E-state index in [2.05, 4.69) is 9.46 Å². The molecule has 3 rings (SSSR count). The van der Waals surface area contributed by atoms with E-state index in [1.807, 2.05) is 35.2 Å². The number of ether oxygens (including phenoxy) is 1. The number of hydrogen-bond donors (Lipinski definition) is 2. The van der Waals surface area contributed by atoms with E-state index in [1.54, 1.807) is 24.3 Å². The van der Waals surface area contributed by atoms with Gasteiger partial charge < -0.3 is 9.84 Å². The minimum Gasteiger partial charge on any atom is -0.465 e. The number of likely N-dealkylation sites (tertiary alicyclic amines) is 1. The van der Waals surface area contributed by atoms with Crippen LogP contribution in [0.3, 0.4) is 0 Å². The van der Waals surface area contributed by atoms with Gasteiger partial charge in [0.2, 0.25) is 10.0 Å². The summed E-state index contributed by atoms with van der Waals surface area (Å²) in [6, 6.07) is 15.8. The van der Waals surface area contributed by atoms with Crippen molar-refractivity contribution in [2.75, 3.05) is 26.0 Å². The Kier molecular flexibility index (Phi) is 7.60. The molecule has 0 radical (unpaired) electrons. The van der Waals surface area contributed by atoms with Crippen LogP contribution in [0.5, 0.6) is 0 Å². The summed E-state index contributed by atoms with van der Waals surface area (Å²) in [5, 5.41) is 10.1. The Hall–Kier alpha value is -2.26. The molecule has 2 unspecified atom stereocenters. The fraction of sp³-hybridized carbons (Fsp3) is 0.409. The molecule has 1 fully saturated rings. The smallest absolute Gasteiger partial charge is 0.337 e. The number of carbonyl (C=O) groups excluding carboxylic acids is 1. The lowest BCUT2D eigenvalue weighted by atomic mass is 10.0. The summed E-state index contributed by atoms with van der Waals surface area (Å²) in [5.74, 6) is -0.527. The highest BCUT2D eigenvalue weighted by atomic mass is 32.2. The summed E-state index contributed by atoms with van der Waals surface area (Å²) in [7, 11) is -2.28. The van der Waals surface area contributed by atoms with Crippen molar-refractivity contribution in [1.82, 2.24) is 9.62 Å². The highest BCUT2D eigenvalue weighted by molar-refractivity contribution is 7.89. The van der Waals surface area contributed by atoms with E-state index in [0.717, 1.165) is 30.5 Å². The van der Waals surface area contributed by atoms with Crippen LogP contribution in [0, 0.1) is 0 Å². The molecule has 0 amide bonds. The molecule has 1 saturated heterocycles. The molecular formula is C22H28N2O5S. The number of rotatable bonds is 8. The number of nitrogens with one attached hydrogen (secondary N) is 1. The fourth-order valence-corrected chi connectivity index (χ4v) is 5.01. The summed E-state index contributed by atoms with van der Waals surface area (Å²) < 4.78 is 33.0. The third kappa shape index (κ3) is 6.12. The number of sulfonamides is 1. The maximum absolute atomic E-state index is 12.9. The van der Waals surface area contributed by atoms with E-state index in [1.165, 1.54) is 7.11 Å². The van der Waals surface area contributed by atoms with E-state index >= 15 is 0 Å². The predicted octanol–water partition coefficient (Wildman–Crippen LogP) is 2.09. The molecule has 0 aliphatic carbocycles. The van der Waals surface area contributed by atoms with Crippen molar-refractivity contribution < 1.29 is 23.1 Å². The second kappa shape index (κ2) is 10.2. The highest BCUT2D eigenvalue weighted by Gasteiger charge is 2.29. The van der Waals surface area contributed by atoms with Crippen LogP contribution in [0.2, 0.25) is 0 Å². The Balaban J connectivity index is 1.69. The van der Waals surface area contributed by atoms with Crippen molar-refractivity contribution in [3.63, 3.8) is 0 Å². The van der Waals surface area contributed by atoms with Gasteiger partial charge in [0.15, 0.2) is 0 Å². The van der Waals surface area contributed by atoms with Crippen LogP contribution in [-0.4, -0.2) is 56.4 Å². The normalized spacial score (nSPS) is 18.7. The first-order valence-corrected chi connectivity index (χ1v) is 11.6. The maximum atomic E-state index is 12.9. The molecule has 2 atom stereocenters. The lowest BCUT2D eigenvalue weighted by Crippen LogP contribution is -2.44. The quantitative estimate of drug-likeness (QED) is 0.620. The van der Waals surface area contributed by atoms with Gasteiger partial charge in [-0.3, -0.25) is 4.90 Å². The van der Waals surface area contributed by atoms with Crippen LogP contribution in [0.15, 0.2) is 54.6 Å². The molecule has 0 saturated carbocycles. The Morgan fingerprint density at radius 2 is 1.90 bits per heavy atom. The average molecular weight is 433 g/mol. The zero-order valence-corrected chi connectivity index (χ0v) is 17.8. The van der Waals surface area contributed by atoms with Crippen molar-refractivity contribution in [2.45, 2.75) is 31.5 Å². The number of esters is 1. The predicted molar refractivity (Wildman–Crippen MR) is 114 cm³/mol. The van der Waals surface area contributed by atoms with Gasteiger partial charge in [-0.05, 0) is 42.6 Å². The number of benzene rings is 2. The van der Waals surface area contributed by atoms with E-state index in [0.29, 0.717) is 12.1 Å². The van der Waals surface area contributed by atoms with Gasteiger partial charge in [0, 0.05) is 13.1 Å². The van der Waals surface area contributed by atoms with Crippen LogP contribution in [-0.2, 0) is 21.3 Å². The minimum atomic E-state index is -3.59. The minimum absolute atomic E-state index is 0.0933. The largest absolute Gasteiger partial charge is 0.465 e. The molecule has 2 aromatic rings. The lowest BCUT2D eigenvalue weighted by molar-refractivity contribution is 0.0510. The number of aliphatic hydroxyl groups is 1. The number of piperidine rings is 1. The molecule has 7 nitrogen and oxygen atoms in total. The summed E-state index contributed by atoms with van der Waals surface area (Å²) in [4.78, 5) is 13.6. The highest BCUT2D eigenvalue weighted by Crippen LogP contribution is 2.26. The van der Waals surface area contributed by atoms with Crippen molar-refractivity contribution in [2.24, 2.45) is 0 Å². The van der Waals surface area contributed by atoms with Gasteiger partial charge in [-0.15, -0.1) is 0 Å². The molecule has 0 bridgehead atoms. The molecule has 2 N–H and O–H groups in total. The standard InChI is InChI=1S/C22H28N2O5S/c1-29-22(26)19-11-9-17(10-12-19)14-23-30(27,28)16-21(18-6-3-2-4-7-18)24-13-5-8-20(25)15-24/h2-4,6-7,9-12,20-21,23,25H,5,8,13-16H2,1H3. The first-order chi connectivity index (χ1) is 14.4. The number of nitrogens with zero attached hydrogens (tertiary/aromatic N) is 1. The van der Waals surface area contributed by atoms with E-state index in [4.69, 9.17) is 0 Å². The molecule has 2 aromatic carbocycles. The van der Waals surface area contributed by atoms with Gasteiger partial charge in [-0.2, -0.15) is 0 Å². The zero-order valence-electron chi connectivity index (χ0n) is 17.0. The van der Waals surface area contributed by atoms with Crippen LogP contribution in [0.1, 0.15) is 40.4 Å². The van der Waals surface area contributed by atoms with Gasteiger partial charge >= 0.3 is 5.97 Å². The third-order valence-corrected chi connectivity index (χ3v) is 6.64. The Morgan fingerprint density at radius 3 is 2.53 bits per heavy atom. The number of aliphatic hydroxyl groups excluding tert-OH is 1. The van der Waals surface area contributed by atoms with Crippen molar-refractivity contribution in [3.8, 4) is 0 Å². The van der Waals surface area contributed by atoms with E-state index in [9.17, 15) is 18.3 Å². The van der Waals surface area contributed by atoms with Crippen LogP contribution < -0.4 is 4.72 Å². The second-order valence-corrected chi connectivity index (χ2v) is 9.36. The molecule has 1 aliphatic rings. The van der Waals surface area contributed by atoms with Crippen LogP contribution in [0.4, 0.5) is 0 Å². The van der Waals surface area contributed by atoms with Crippen molar-refractivity contribution >= 4 is 16.0 Å². The number of hydrogen-bond acceptors (Lipinski definition) is 6. The second-order valence-electron chi connectivity index (χ2n) is 7.51. The van der Waals surface area contributed by atoms with Gasteiger partial charge in [0.1, 0.15) is 0 Å². The molecule has 162 valence electrons. The monoisotopic (exact) mass is 432 g/mol. The summed E-state index contributed by atoms with van der Waals surface area (Å²) in [5.41, 5.74) is 2.08. The topological polar surface area (TPSA) is 95.9 Å². The summed E-state index contributed by atoms with van der Waals surface area (Å²) in [6.45, 7) is 1.35. The SMILES string of the molecule is COC(=O)c1ccc(CNS(=O)(=O)CC(c2ccccc2)N2CCCC(O)C2)cc1. The lowest BCUT2D eigenvalue weighted by Gasteiger charge is -2.36. The number of β-amino-alcohol motifs (C(OH)–C–C–N with tert-alkyl or cyclic N) is 1. The molecule has 1 aliphatic heterocycles. The number of methoxy groups -OCH3 is 1. The first-order valence-electron chi connectivity index (χ1n) is 9.99. The first kappa shape index (κ1) is 22.4. The van der Waals surface area contributed by atoms with Crippen LogP contribution >= 0.6 is 0 Å². The molecular weight excluding hydrogens is 404 g/mol. The van der Waals surface area contributed by atoms with Gasteiger partial charge in [-0.25, -0.2) is 17.9 Å². The molecule has 30 heavy (non-hydrogen) atoms. The number of carbonyl (C=O) groups is 1. The Bertz CT molecular complexity index is 932. The van der Waals surface area contributed by atoms with Gasteiger partial charge in [-0.1, -0.05) is 42.5 Å². The molecule has 8 heteroatoms. The zero-order chi connectivity index (χ0) is 21.6. The molecule has 0 aromatic heterocycles. The maximum Gasteiger partial charge on any atom is 0.337 e. The summed E-state index contributed by atoms with van der Waals surface area (Å²) >= 11 is 0. The van der Waals surface area contributed by atoms with Gasteiger partial charge in [0.25, 0.3) is 0 Å².